The lowest BCUT2D eigenvalue weighted by Crippen LogP contribution is -1.75. The van der Waals surface area contributed by atoms with Crippen LogP contribution in [-0.4, -0.2) is 0 Å². The van der Waals surface area contributed by atoms with Crippen molar-refractivity contribution in [2.24, 2.45) is 0 Å². The van der Waals surface area contributed by atoms with Crippen LogP contribution >= 0.6 is 23.2 Å². The molecule has 1 aromatic rings. The molecule has 0 aliphatic rings. The summed E-state index contributed by atoms with van der Waals surface area (Å²) in [7, 11) is 0. The van der Waals surface area contributed by atoms with Crippen LogP contribution < -0.4 is 0 Å². The molecule has 0 nitrogen and oxygen atoms in total. The van der Waals surface area contributed by atoms with Crippen LogP contribution in [0.15, 0.2) is 24.3 Å². The molecule has 64 valence electrons. The van der Waals surface area contributed by atoms with E-state index >= 15 is 0 Å². The normalized spacial score (nSPS) is 9.67. The van der Waals surface area contributed by atoms with Gasteiger partial charge in [-0.3, -0.25) is 0 Å². The summed E-state index contributed by atoms with van der Waals surface area (Å²) in [4.78, 5) is 0. The van der Waals surface area contributed by atoms with Crippen molar-refractivity contribution < 1.29 is 8.78 Å². The Morgan fingerprint density at radius 1 is 1.25 bits per heavy atom. The van der Waals surface area contributed by atoms with Crippen molar-refractivity contribution >= 4 is 29.3 Å². The quantitative estimate of drug-likeness (QED) is 0.649. The van der Waals surface area contributed by atoms with Gasteiger partial charge < -0.3 is 0 Å². The maximum Gasteiger partial charge on any atom is 0.270 e. The van der Waals surface area contributed by atoms with E-state index in [9.17, 15) is 8.78 Å². The highest BCUT2D eigenvalue weighted by Crippen LogP contribution is 2.23. The molecule has 0 fully saturated rings. The van der Waals surface area contributed by atoms with Gasteiger partial charge in [-0.15, -0.1) is 0 Å². The van der Waals surface area contributed by atoms with Crippen LogP contribution in [0.25, 0.3) is 6.08 Å². The van der Waals surface area contributed by atoms with Crippen molar-refractivity contribution in [1.82, 2.24) is 0 Å². The fraction of sp³-hybridized carbons (Fsp3) is 0. The largest absolute Gasteiger partial charge is 0.270 e. The minimum atomic E-state index is -1.78. The van der Waals surface area contributed by atoms with Crippen LogP contribution in [-0.2, 0) is 0 Å². The van der Waals surface area contributed by atoms with Gasteiger partial charge in [-0.05, 0) is 17.7 Å². The molecule has 0 aliphatic carbocycles. The summed E-state index contributed by atoms with van der Waals surface area (Å²) in [6.45, 7) is 0. The molecule has 0 amide bonds. The fourth-order valence-corrected chi connectivity index (χ4v) is 1.20. The molecular formula is C8H4Cl2F2. The van der Waals surface area contributed by atoms with Gasteiger partial charge in [0, 0.05) is 16.1 Å². The van der Waals surface area contributed by atoms with Gasteiger partial charge in [-0.2, -0.15) is 8.78 Å². The van der Waals surface area contributed by atoms with Crippen LogP contribution in [0.5, 0.6) is 0 Å². The molecule has 0 atom stereocenters. The van der Waals surface area contributed by atoms with Crippen molar-refractivity contribution in [3.8, 4) is 0 Å². The summed E-state index contributed by atoms with van der Waals surface area (Å²) < 4.78 is 23.5. The molecule has 0 N–H and O–H groups in total. The molecule has 0 saturated heterocycles. The van der Waals surface area contributed by atoms with E-state index in [0.29, 0.717) is 11.1 Å². The first kappa shape index (κ1) is 9.49. The summed E-state index contributed by atoms with van der Waals surface area (Å²) in [5, 5.41) is 0.645. The zero-order valence-electron chi connectivity index (χ0n) is 5.82. The lowest BCUT2D eigenvalue weighted by Gasteiger charge is -1.96. The third-order valence-corrected chi connectivity index (χ3v) is 1.79. The molecule has 0 aliphatic heterocycles. The molecule has 1 aromatic carbocycles. The lowest BCUT2D eigenvalue weighted by molar-refractivity contribution is 0.429. The lowest BCUT2D eigenvalue weighted by atomic mass is 10.2. The van der Waals surface area contributed by atoms with E-state index in [1.165, 1.54) is 18.2 Å². The monoisotopic (exact) mass is 208 g/mol. The Morgan fingerprint density at radius 2 is 1.92 bits per heavy atom. The standard InChI is InChI=1S/C8H4Cl2F2/c9-6-2-1-5(3-8(11)12)7(10)4-6/h1-4H. The first-order chi connectivity index (χ1) is 5.59. The zero-order valence-corrected chi connectivity index (χ0v) is 7.33. The summed E-state index contributed by atoms with van der Waals surface area (Å²) in [5.41, 5.74) is 0.265. The summed E-state index contributed by atoms with van der Waals surface area (Å²) >= 11 is 11.2. The van der Waals surface area contributed by atoms with Crippen LogP contribution in [0.1, 0.15) is 5.56 Å². The summed E-state index contributed by atoms with van der Waals surface area (Å²) in [5.74, 6) is 0. The van der Waals surface area contributed by atoms with Gasteiger partial charge in [0.15, 0.2) is 0 Å². The highest BCUT2D eigenvalue weighted by atomic mass is 35.5. The minimum absolute atomic E-state index is 0.218. The van der Waals surface area contributed by atoms with Gasteiger partial charge in [0.05, 0.1) is 0 Å². The second-order valence-corrected chi connectivity index (χ2v) is 2.94. The van der Waals surface area contributed by atoms with E-state index in [1.54, 1.807) is 0 Å². The molecule has 12 heavy (non-hydrogen) atoms. The van der Waals surface area contributed by atoms with Crippen molar-refractivity contribution in [2.75, 3.05) is 0 Å². The summed E-state index contributed by atoms with van der Waals surface area (Å²) in [6.07, 6.45) is -1.09. The molecule has 1 rings (SSSR count). The molecule has 4 heteroatoms. The van der Waals surface area contributed by atoms with Gasteiger partial charge in [-0.25, -0.2) is 0 Å². The predicted octanol–water partition coefficient (Wildman–Crippen LogP) is 4.23. The minimum Gasteiger partial charge on any atom is -0.173 e. The van der Waals surface area contributed by atoms with Gasteiger partial charge in [0.2, 0.25) is 0 Å². The molecule has 0 bridgehead atoms. The molecule has 0 spiro atoms. The second-order valence-electron chi connectivity index (χ2n) is 2.10. The smallest absolute Gasteiger partial charge is 0.173 e. The van der Waals surface area contributed by atoms with Gasteiger partial charge in [0.25, 0.3) is 6.08 Å². The average molecular weight is 209 g/mol. The maximum absolute atomic E-state index is 11.8. The van der Waals surface area contributed by atoms with E-state index in [0.717, 1.165) is 0 Å². The Bertz CT molecular complexity index is 317. The van der Waals surface area contributed by atoms with E-state index in [2.05, 4.69) is 0 Å². The highest BCUT2D eigenvalue weighted by molar-refractivity contribution is 6.35. The van der Waals surface area contributed by atoms with Gasteiger partial charge in [-0.1, -0.05) is 29.3 Å². The topological polar surface area (TPSA) is 0 Å². The van der Waals surface area contributed by atoms with Crippen LogP contribution in [0.4, 0.5) is 8.78 Å². The van der Waals surface area contributed by atoms with Crippen molar-refractivity contribution in [1.29, 1.82) is 0 Å². The van der Waals surface area contributed by atoms with Crippen LogP contribution in [0.3, 0.4) is 0 Å². The molecule has 0 heterocycles. The van der Waals surface area contributed by atoms with E-state index in [-0.39, 0.29) is 10.6 Å². The van der Waals surface area contributed by atoms with Gasteiger partial charge >= 0.3 is 0 Å². The Hall–Kier alpha value is -0.600. The molecule has 0 radical (unpaired) electrons. The maximum atomic E-state index is 11.8. The third-order valence-electron chi connectivity index (χ3n) is 1.23. The molecule has 0 aromatic heterocycles. The van der Waals surface area contributed by atoms with E-state index < -0.39 is 6.08 Å². The second kappa shape index (κ2) is 3.87. The van der Waals surface area contributed by atoms with Crippen molar-refractivity contribution in [3.63, 3.8) is 0 Å². The molecule has 0 unspecified atom stereocenters. The zero-order chi connectivity index (χ0) is 9.14. The van der Waals surface area contributed by atoms with Crippen LogP contribution in [0.2, 0.25) is 10.0 Å². The average Bonchev–Trinajstić information content (AvgIpc) is 1.94. The Balaban J connectivity index is 3.10. The predicted molar refractivity (Wildman–Crippen MR) is 46.7 cm³/mol. The Kier molecular flexibility index (Phi) is 3.06. The number of hydrogen-bond donors (Lipinski definition) is 0. The van der Waals surface area contributed by atoms with E-state index in [4.69, 9.17) is 23.2 Å². The Labute approximate surface area is 78.4 Å². The van der Waals surface area contributed by atoms with Crippen LogP contribution in [0, 0.1) is 0 Å². The number of halogens is 4. The SMILES string of the molecule is FC(F)=Cc1ccc(Cl)cc1Cl. The summed E-state index contributed by atoms with van der Waals surface area (Å²) in [6, 6.07) is 4.35. The third kappa shape index (κ3) is 2.47. The van der Waals surface area contributed by atoms with Crippen molar-refractivity contribution in [3.05, 3.63) is 39.9 Å². The number of rotatable bonds is 1. The highest BCUT2D eigenvalue weighted by Gasteiger charge is 1.99. The fourth-order valence-electron chi connectivity index (χ4n) is 0.736. The molecule has 0 saturated carbocycles. The van der Waals surface area contributed by atoms with E-state index in [1.807, 2.05) is 0 Å². The van der Waals surface area contributed by atoms with Crippen molar-refractivity contribution in [2.45, 2.75) is 0 Å². The Morgan fingerprint density at radius 3 is 2.42 bits per heavy atom. The van der Waals surface area contributed by atoms with Gasteiger partial charge in [0.1, 0.15) is 0 Å². The number of hydrogen-bond acceptors (Lipinski definition) is 0. The molecular weight excluding hydrogens is 205 g/mol. The number of benzene rings is 1. The first-order valence-electron chi connectivity index (χ1n) is 3.07. The first-order valence-corrected chi connectivity index (χ1v) is 3.83.